The minimum Gasteiger partial charge on any atom is -0.388 e. The van der Waals surface area contributed by atoms with E-state index in [9.17, 15) is 13.9 Å². The second-order valence-electron chi connectivity index (χ2n) is 7.80. The average molecular weight is 292 g/mol. The van der Waals surface area contributed by atoms with E-state index in [1.807, 2.05) is 0 Å². The molecule has 1 nitrogen and oxygen atoms in total. The van der Waals surface area contributed by atoms with Crippen LogP contribution in [0.1, 0.15) is 56.6 Å². The van der Waals surface area contributed by atoms with Crippen LogP contribution >= 0.6 is 0 Å². The maximum absolute atomic E-state index is 13.9. The molecular weight excluding hydrogens is 270 g/mol. The Bertz CT molecular complexity index is 519. The highest BCUT2D eigenvalue weighted by atomic mass is 19.1. The summed E-state index contributed by atoms with van der Waals surface area (Å²) < 4.78 is 26.9. The van der Waals surface area contributed by atoms with Crippen LogP contribution in [-0.2, 0) is 0 Å². The van der Waals surface area contributed by atoms with Gasteiger partial charge in [0.15, 0.2) is 0 Å². The van der Waals surface area contributed by atoms with Gasteiger partial charge in [0.25, 0.3) is 0 Å². The summed E-state index contributed by atoms with van der Waals surface area (Å²) >= 11 is 0. The van der Waals surface area contributed by atoms with Gasteiger partial charge in [0, 0.05) is 11.6 Å². The number of aliphatic hydroxyl groups excluding tert-OH is 1. The lowest BCUT2D eigenvalue weighted by Crippen LogP contribution is -2.46. The maximum Gasteiger partial charge on any atom is 0.131 e. The monoisotopic (exact) mass is 292 g/mol. The second kappa shape index (κ2) is 4.77. The third kappa shape index (κ3) is 2.40. The van der Waals surface area contributed by atoms with Gasteiger partial charge in [0.1, 0.15) is 11.6 Å². The number of halogens is 2. The number of rotatable bonds is 3. The van der Waals surface area contributed by atoms with Crippen molar-refractivity contribution in [2.75, 3.05) is 0 Å². The van der Waals surface area contributed by atoms with Crippen molar-refractivity contribution in [1.82, 2.24) is 0 Å². The Balaban J connectivity index is 1.55. The summed E-state index contributed by atoms with van der Waals surface area (Å²) in [4.78, 5) is 0. The quantitative estimate of drug-likeness (QED) is 0.863. The molecule has 0 heterocycles. The topological polar surface area (TPSA) is 20.2 Å². The van der Waals surface area contributed by atoms with Crippen molar-refractivity contribution >= 4 is 0 Å². The van der Waals surface area contributed by atoms with E-state index >= 15 is 0 Å². The Labute approximate surface area is 124 Å². The zero-order valence-corrected chi connectivity index (χ0v) is 12.2. The third-order valence-corrected chi connectivity index (χ3v) is 6.11. The molecule has 0 aliphatic heterocycles. The average Bonchev–Trinajstić information content (AvgIpc) is 2.35. The first-order valence-electron chi connectivity index (χ1n) is 8.16. The molecule has 4 bridgehead atoms. The van der Waals surface area contributed by atoms with Crippen molar-refractivity contribution in [2.24, 2.45) is 23.2 Å². The minimum atomic E-state index is -0.804. The highest BCUT2D eigenvalue weighted by molar-refractivity contribution is 5.21. The molecule has 0 radical (unpaired) electrons. The molecule has 5 rings (SSSR count). The van der Waals surface area contributed by atoms with Crippen molar-refractivity contribution in [3.63, 3.8) is 0 Å². The second-order valence-corrected chi connectivity index (χ2v) is 7.80. The summed E-state index contributed by atoms with van der Waals surface area (Å²) in [6, 6.07) is 3.51. The van der Waals surface area contributed by atoms with Gasteiger partial charge in [0.2, 0.25) is 0 Å². The summed E-state index contributed by atoms with van der Waals surface area (Å²) in [5.74, 6) is 1.26. The largest absolute Gasteiger partial charge is 0.388 e. The maximum atomic E-state index is 13.9. The van der Waals surface area contributed by atoms with Crippen LogP contribution in [0.15, 0.2) is 18.2 Å². The number of hydrogen-bond acceptors (Lipinski definition) is 1. The predicted octanol–water partition coefficient (Wildman–Crippen LogP) is 4.60. The lowest BCUT2D eigenvalue weighted by Gasteiger charge is -2.57. The molecule has 114 valence electrons. The summed E-state index contributed by atoms with van der Waals surface area (Å²) in [6.07, 6.45) is 7.50. The molecule has 1 aromatic rings. The molecule has 4 aliphatic carbocycles. The van der Waals surface area contributed by atoms with E-state index in [2.05, 4.69) is 0 Å². The first-order chi connectivity index (χ1) is 10.0. The molecule has 21 heavy (non-hydrogen) atoms. The number of aliphatic hydroxyl groups is 1. The molecule has 1 N–H and O–H groups in total. The van der Waals surface area contributed by atoms with Gasteiger partial charge in [-0.25, -0.2) is 8.78 Å². The molecular formula is C18H22F2O. The van der Waals surface area contributed by atoms with Gasteiger partial charge in [-0.05, 0) is 74.2 Å². The summed E-state index contributed by atoms with van der Waals surface area (Å²) in [5, 5.41) is 10.5. The van der Waals surface area contributed by atoms with Crippen LogP contribution in [0.3, 0.4) is 0 Å². The Kier molecular flexibility index (Phi) is 3.11. The number of benzene rings is 1. The summed E-state index contributed by atoms with van der Waals surface area (Å²) in [7, 11) is 0. The fourth-order valence-corrected chi connectivity index (χ4v) is 5.83. The van der Waals surface area contributed by atoms with E-state index in [0.29, 0.717) is 6.42 Å². The van der Waals surface area contributed by atoms with E-state index in [0.717, 1.165) is 23.8 Å². The Hall–Kier alpha value is -0.960. The normalized spacial score (nSPS) is 38.7. The van der Waals surface area contributed by atoms with Crippen molar-refractivity contribution in [3.8, 4) is 0 Å². The van der Waals surface area contributed by atoms with Gasteiger partial charge in [0.05, 0.1) is 6.10 Å². The standard InChI is InChI=1S/C18H22F2O/c19-14-1-2-15(16(20)6-14)17(21)10-18-7-11-3-12(8-18)5-13(4-11)9-18/h1-2,6,11-13,17,21H,3-5,7-10H2. The van der Waals surface area contributed by atoms with Crippen molar-refractivity contribution in [3.05, 3.63) is 35.4 Å². The van der Waals surface area contributed by atoms with E-state index in [1.54, 1.807) is 0 Å². The fourth-order valence-electron chi connectivity index (χ4n) is 5.83. The molecule has 1 atom stereocenters. The molecule has 1 aromatic carbocycles. The molecule has 4 aliphatic rings. The van der Waals surface area contributed by atoms with Gasteiger partial charge < -0.3 is 5.11 Å². The lowest BCUT2D eigenvalue weighted by molar-refractivity contribution is -0.0767. The van der Waals surface area contributed by atoms with Crippen molar-refractivity contribution in [1.29, 1.82) is 0 Å². The smallest absolute Gasteiger partial charge is 0.131 e. The molecule has 0 spiro atoms. The number of hydrogen-bond donors (Lipinski definition) is 1. The van der Waals surface area contributed by atoms with Gasteiger partial charge in [-0.15, -0.1) is 0 Å². The molecule has 4 saturated carbocycles. The Morgan fingerprint density at radius 2 is 1.62 bits per heavy atom. The van der Waals surface area contributed by atoms with Gasteiger partial charge in [-0.1, -0.05) is 6.07 Å². The van der Waals surface area contributed by atoms with E-state index in [1.165, 1.54) is 50.7 Å². The van der Waals surface area contributed by atoms with Crippen LogP contribution < -0.4 is 0 Å². The fraction of sp³-hybridized carbons (Fsp3) is 0.667. The molecule has 3 heteroatoms. The van der Waals surface area contributed by atoms with Gasteiger partial charge in [-0.2, -0.15) is 0 Å². The molecule has 4 fully saturated rings. The molecule has 1 unspecified atom stereocenters. The molecule has 0 saturated heterocycles. The molecule has 0 amide bonds. The van der Waals surface area contributed by atoms with Crippen LogP contribution in [-0.4, -0.2) is 5.11 Å². The first kappa shape index (κ1) is 13.7. The summed E-state index contributed by atoms with van der Waals surface area (Å²) in [6.45, 7) is 0. The summed E-state index contributed by atoms with van der Waals surface area (Å²) in [5.41, 5.74) is 0.460. The lowest BCUT2D eigenvalue weighted by atomic mass is 9.48. The van der Waals surface area contributed by atoms with Crippen LogP contribution in [0.4, 0.5) is 8.78 Å². The van der Waals surface area contributed by atoms with E-state index in [-0.39, 0.29) is 11.0 Å². The van der Waals surface area contributed by atoms with Crippen molar-refractivity contribution < 1.29 is 13.9 Å². The first-order valence-corrected chi connectivity index (χ1v) is 8.16. The Morgan fingerprint density at radius 1 is 1.05 bits per heavy atom. The highest BCUT2D eigenvalue weighted by Gasteiger charge is 2.51. The van der Waals surface area contributed by atoms with Gasteiger partial charge in [-0.3, -0.25) is 0 Å². The van der Waals surface area contributed by atoms with E-state index in [4.69, 9.17) is 0 Å². The van der Waals surface area contributed by atoms with Crippen LogP contribution in [0, 0.1) is 34.8 Å². The SMILES string of the molecule is OC(CC12CC3CC(CC(C3)C1)C2)c1ccc(F)cc1F. The zero-order chi connectivity index (χ0) is 14.6. The third-order valence-electron chi connectivity index (χ3n) is 6.11. The minimum absolute atomic E-state index is 0.203. The van der Waals surface area contributed by atoms with Crippen LogP contribution in [0.5, 0.6) is 0 Å². The van der Waals surface area contributed by atoms with E-state index < -0.39 is 17.7 Å². The predicted molar refractivity (Wildman–Crippen MR) is 76.5 cm³/mol. The van der Waals surface area contributed by atoms with Crippen LogP contribution in [0.2, 0.25) is 0 Å². The highest BCUT2D eigenvalue weighted by Crippen LogP contribution is 2.62. The molecule has 0 aromatic heterocycles. The van der Waals surface area contributed by atoms with Gasteiger partial charge >= 0.3 is 0 Å². The Morgan fingerprint density at radius 3 is 2.14 bits per heavy atom. The van der Waals surface area contributed by atoms with Crippen LogP contribution in [0.25, 0.3) is 0 Å². The van der Waals surface area contributed by atoms with Crippen molar-refractivity contribution in [2.45, 2.75) is 51.0 Å². The zero-order valence-electron chi connectivity index (χ0n) is 12.2.